The van der Waals surface area contributed by atoms with Crippen LogP contribution in [0, 0.1) is 5.92 Å². The maximum absolute atomic E-state index is 5.40. The molecule has 0 bridgehead atoms. The van der Waals surface area contributed by atoms with Gasteiger partial charge in [-0.3, -0.25) is 4.99 Å². The van der Waals surface area contributed by atoms with Gasteiger partial charge in [-0.05, 0) is 38.2 Å². The number of hydrogen-bond acceptors (Lipinski definition) is 4. The van der Waals surface area contributed by atoms with Gasteiger partial charge in [0.25, 0.3) is 0 Å². The van der Waals surface area contributed by atoms with Crippen LogP contribution in [0.5, 0.6) is 5.75 Å². The molecule has 0 fully saturated rings. The Morgan fingerprint density at radius 1 is 1.29 bits per heavy atom. The van der Waals surface area contributed by atoms with Crippen LogP contribution >= 0.6 is 23.5 Å². The molecule has 0 aromatic heterocycles. The number of benzene rings is 1. The minimum absolute atomic E-state index is 0.197. The average molecular weight is 370 g/mol. The Morgan fingerprint density at radius 2 is 2.00 bits per heavy atom. The zero-order chi connectivity index (χ0) is 18.0. The fourth-order valence-electron chi connectivity index (χ4n) is 1.89. The van der Waals surface area contributed by atoms with Crippen LogP contribution in [0.25, 0.3) is 0 Å². The maximum atomic E-state index is 5.40. The predicted octanol–water partition coefficient (Wildman–Crippen LogP) is 3.73. The van der Waals surface area contributed by atoms with E-state index in [1.807, 2.05) is 48.8 Å². The summed E-state index contributed by atoms with van der Waals surface area (Å²) in [7, 11) is 3.53. The monoisotopic (exact) mass is 369 g/mol. The van der Waals surface area contributed by atoms with Crippen molar-refractivity contribution in [3.05, 3.63) is 24.3 Å². The molecule has 0 radical (unpaired) electrons. The Morgan fingerprint density at radius 3 is 2.62 bits per heavy atom. The van der Waals surface area contributed by atoms with E-state index in [1.165, 1.54) is 4.90 Å². The molecule has 1 aromatic carbocycles. The zero-order valence-corrected chi connectivity index (χ0v) is 17.3. The van der Waals surface area contributed by atoms with Gasteiger partial charge in [0.05, 0.1) is 7.11 Å². The van der Waals surface area contributed by atoms with Crippen LogP contribution in [0.3, 0.4) is 0 Å². The van der Waals surface area contributed by atoms with Gasteiger partial charge in [0.15, 0.2) is 5.96 Å². The average Bonchev–Trinajstić information content (AvgIpc) is 2.60. The van der Waals surface area contributed by atoms with Gasteiger partial charge in [0.1, 0.15) is 5.75 Å². The van der Waals surface area contributed by atoms with E-state index in [-0.39, 0.29) is 4.75 Å². The van der Waals surface area contributed by atoms with E-state index in [0.717, 1.165) is 30.6 Å². The molecule has 0 aliphatic heterocycles. The van der Waals surface area contributed by atoms with Gasteiger partial charge in [-0.2, -0.15) is 11.8 Å². The summed E-state index contributed by atoms with van der Waals surface area (Å²) in [6.45, 7) is 8.48. The van der Waals surface area contributed by atoms with Crippen LogP contribution in [0.15, 0.2) is 34.2 Å². The second kappa shape index (κ2) is 10.8. The number of rotatable bonds is 9. The van der Waals surface area contributed by atoms with Crippen LogP contribution in [-0.4, -0.2) is 50.0 Å². The molecule has 0 saturated carbocycles. The molecule has 0 heterocycles. The Bertz CT molecular complexity index is 521. The first-order valence-electron chi connectivity index (χ1n) is 8.17. The molecule has 4 nitrogen and oxygen atoms in total. The first kappa shape index (κ1) is 21.0. The van der Waals surface area contributed by atoms with Crippen LogP contribution in [0.2, 0.25) is 0 Å². The van der Waals surface area contributed by atoms with E-state index in [4.69, 9.17) is 4.74 Å². The highest BCUT2D eigenvalue weighted by molar-refractivity contribution is 8.00. The molecule has 0 aliphatic carbocycles. The third kappa shape index (κ3) is 7.71. The largest absolute Gasteiger partial charge is 0.496 e. The highest BCUT2D eigenvalue weighted by Gasteiger charge is 2.16. The topological polar surface area (TPSA) is 45.7 Å². The lowest BCUT2D eigenvalue weighted by Crippen LogP contribution is -2.44. The molecule has 136 valence electrons. The Balaban J connectivity index is 2.38. The summed E-state index contributed by atoms with van der Waals surface area (Å²) in [5.41, 5.74) is 0. The summed E-state index contributed by atoms with van der Waals surface area (Å²) in [6, 6.07) is 8.16. The minimum atomic E-state index is 0.197. The fraction of sp³-hybridized carbons (Fsp3) is 0.611. The molecule has 1 rings (SSSR count). The lowest BCUT2D eigenvalue weighted by atomic mass is 10.2. The second-order valence-electron chi connectivity index (χ2n) is 6.34. The van der Waals surface area contributed by atoms with Gasteiger partial charge in [0.2, 0.25) is 0 Å². The van der Waals surface area contributed by atoms with Crippen molar-refractivity contribution in [2.24, 2.45) is 10.9 Å². The van der Waals surface area contributed by atoms with Crippen molar-refractivity contribution in [2.45, 2.75) is 30.4 Å². The molecule has 1 aromatic rings. The minimum Gasteiger partial charge on any atom is -0.496 e. The quantitative estimate of drug-likeness (QED) is 0.394. The number of thioether (sulfide) groups is 2. The Hall–Kier alpha value is -1.01. The molecule has 1 atom stereocenters. The maximum Gasteiger partial charge on any atom is 0.191 e. The SMILES string of the molecule is CN=C(NCC(C)CSc1ccccc1OC)NCC(C)(C)SC. The lowest BCUT2D eigenvalue weighted by molar-refractivity contribution is 0.405. The van der Waals surface area contributed by atoms with Crippen molar-refractivity contribution < 1.29 is 4.74 Å². The standard InChI is InChI=1S/C18H31N3OS2/c1-14(12-24-16-10-8-7-9-15(16)22-5)11-20-17(19-4)21-13-18(2,3)23-6/h7-10,14H,11-13H2,1-6H3,(H2,19,20,21). The second-order valence-corrected chi connectivity index (χ2v) is 8.91. The Labute approximate surface area is 155 Å². The van der Waals surface area contributed by atoms with Gasteiger partial charge in [-0.1, -0.05) is 19.1 Å². The number of aliphatic imine (C=N–C) groups is 1. The number of nitrogens with one attached hydrogen (secondary N) is 2. The third-order valence-electron chi connectivity index (χ3n) is 3.67. The number of methoxy groups -OCH3 is 1. The summed E-state index contributed by atoms with van der Waals surface area (Å²) in [5.74, 6) is 3.36. The Kier molecular flexibility index (Phi) is 9.44. The van der Waals surface area contributed by atoms with Crippen molar-refractivity contribution >= 4 is 29.5 Å². The normalized spacial score (nSPS) is 13.5. The predicted molar refractivity (Wildman–Crippen MR) is 110 cm³/mol. The van der Waals surface area contributed by atoms with Crippen LogP contribution < -0.4 is 15.4 Å². The van der Waals surface area contributed by atoms with E-state index in [1.54, 1.807) is 7.11 Å². The fourth-order valence-corrected chi connectivity index (χ4v) is 3.16. The third-order valence-corrected chi connectivity index (χ3v) is 6.30. The molecule has 0 amide bonds. The molecular formula is C18H31N3OS2. The van der Waals surface area contributed by atoms with Gasteiger partial charge < -0.3 is 15.4 Å². The number of para-hydroxylation sites is 1. The van der Waals surface area contributed by atoms with Crippen molar-refractivity contribution in [1.82, 2.24) is 10.6 Å². The first-order valence-corrected chi connectivity index (χ1v) is 10.4. The number of ether oxygens (including phenoxy) is 1. The molecule has 0 spiro atoms. The van der Waals surface area contributed by atoms with Crippen LogP contribution in [-0.2, 0) is 0 Å². The van der Waals surface area contributed by atoms with Gasteiger partial charge in [-0.15, -0.1) is 11.8 Å². The van der Waals surface area contributed by atoms with E-state index in [2.05, 4.69) is 48.7 Å². The smallest absolute Gasteiger partial charge is 0.191 e. The molecule has 0 aliphatic rings. The summed E-state index contributed by atoms with van der Waals surface area (Å²) < 4.78 is 5.60. The van der Waals surface area contributed by atoms with Crippen molar-refractivity contribution in [1.29, 1.82) is 0 Å². The highest BCUT2D eigenvalue weighted by Crippen LogP contribution is 2.29. The lowest BCUT2D eigenvalue weighted by Gasteiger charge is -2.24. The summed E-state index contributed by atoms with van der Waals surface area (Å²) in [4.78, 5) is 5.49. The highest BCUT2D eigenvalue weighted by atomic mass is 32.2. The van der Waals surface area contributed by atoms with E-state index in [0.29, 0.717) is 5.92 Å². The van der Waals surface area contributed by atoms with Crippen molar-refractivity contribution in [3.8, 4) is 5.75 Å². The van der Waals surface area contributed by atoms with E-state index < -0.39 is 0 Å². The van der Waals surface area contributed by atoms with Crippen molar-refractivity contribution in [3.63, 3.8) is 0 Å². The van der Waals surface area contributed by atoms with Crippen molar-refractivity contribution in [2.75, 3.05) is 39.3 Å². The molecule has 2 N–H and O–H groups in total. The van der Waals surface area contributed by atoms with E-state index in [9.17, 15) is 0 Å². The number of nitrogens with zero attached hydrogens (tertiary/aromatic N) is 1. The van der Waals surface area contributed by atoms with Crippen LogP contribution in [0.1, 0.15) is 20.8 Å². The zero-order valence-electron chi connectivity index (χ0n) is 15.7. The molecule has 24 heavy (non-hydrogen) atoms. The van der Waals surface area contributed by atoms with Gasteiger partial charge in [0, 0.05) is 35.5 Å². The first-order chi connectivity index (χ1) is 11.4. The molecule has 0 saturated heterocycles. The summed E-state index contributed by atoms with van der Waals surface area (Å²) in [6.07, 6.45) is 2.13. The number of hydrogen-bond donors (Lipinski definition) is 2. The van der Waals surface area contributed by atoms with E-state index >= 15 is 0 Å². The summed E-state index contributed by atoms with van der Waals surface area (Å²) in [5, 5.41) is 6.82. The summed E-state index contributed by atoms with van der Waals surface area (Å²) >= 11 is 3.68. The van der Waals surface area contributed by atoms with Gasteiger partial charge >= 0.3 is 0 Å². The van der Waals surface area contributed by atoms with Gasteiger partial charge in [-0.25, -0.2) is 0 Å². The molecule has 6 heteroatoms. The van der Waals surface area contributed by atoms with Crippen LogP contribution in [0.4, 0.5) is 0 Å². The molecule has 1 unspecified atom stereocenters. The molecular weight excluding hydrogens is 338 g/mol. The number of guanidine groups is 1.